The van der Waals surface area contributed by atoms with Crippen LogP contribution in [0.5, 0.6) is 0 Å². The topological polar surface area (TPSA) is 66.4 Å². The maximum Gasteiger partial charge on any atom is 0.337 e. The summed E-state index contributed by atoms with van der Waals surface area (Å²) in [5.74, 6) is -1.42. The van der Waals surface area contributed by atoms with E-state index in [-0.39, 0.29) is 33.6 Å². The maximum atomic E-state index is 11.1. The lowest BCUT2D eigenvalue weighted by molar-refractivity contribution is -0.115. The third kappa shape index (κ3) is 2.87. The summed E-state index contributed by atoms with van der Waals surface area (Å²) in [5.41, 5.74) is 0.146. The first-order valence-electron chi connectivity index (χ1n) is 4.48. The van der Waals surface area contributed by atoms with Crippen LogP contribution in [-0.2, 0) is 4.79 Å². The summed E-state index contributed by atoms with van der Waals surface area (Å²) in [5, 5.41) is 11.6. The summed E-state index contributed by atoms with van der Waals surface area (Å²) in [4.78, 5) is 21.9. The van der Waals surface area contributed by atoms with Crippen LogP contribution in [0.4, 0.5) is 5.69 Å². The Labute approximate surface area is 102 Å². The zero-order valence-corrected chi connectivity index (χ0v) is 9.89. The second kappa shape index (κ2) is 5.18. The van der Waals surface area contributed by atoms with Gasteiger partial charge in [0.25, 0.3) is 0 Å². The monoisotopic (exact) mass is 261 g/mol. The van der Waals surface area contributed by atoms with Gasteiger partial charge in [0.1, 0.15) is 0 Å². The molecule has 0 aromatic heterocycles. The molecule has 0 saturated heterocycles. The number of halogens is 2. The van der Waals surface area contributed by atoms with Crippen LogP contribution in [-0.4, -0.2) is 17.0 Å². The third-order valence-corrected chi connectivity index (χ3v) is 2.51. The van der Waals surface area contributed by atoms with Crippen LogP contribution in [0.3, 0.4) is 0 Å². The fourth-order valence-electron chi connectivity index (χ4n) is 1.05. The lowest BCUT2D eigenvalue weighted by Gasteiger charge is -2.08. The Kier molecular flexibility index (Phi) is 4.15. The Bertz CT molecular complexity index is 446. The molecule has 0 aliphatic carbocycles. The molecule has 4 nitrogen and oxygen atoms in total. The molecule has 1 amide bonds. The Morgan fingerprint density at radius 3 is 2.44 bits per heavy atom. The van der Waals surface area contributed by atoms with Gasteiger partial charge in [0.05, 0.1) is 21.3 Å². The first kappa shape index (κ1) is 12.8. The second-order valence-corrected chi connectivity index (χ2v) is 3.83. The lowest BCUT2D eigenvalue weighted by atomic mass is 10.2. The van der Waals surface area contributed by atoms with E-state index < -0.39 is 5.97 Å². The minimum Gasteiger partial charge on any atom is -0.478 e. The summed E-state index contributed by atoms with van der Waals surface area (Å²) in [6.45, 7) is 1.68. The second-order valence-electron chi connectivity index (χ2n) is 3.02. The fraction of sp³-hybridized carbons (Fsp3) is 0.200. The predicted molar refractivity (Wildman–Crippen MR) is 62.3 cm³/mol. The van der Waals surface area contributed by atoms with Crippen LogP contribution in [0.1, 0.15) is 23.7 Å². The summed E-state index contributed by atoms with van der Waals surface area (Å²) in [7, 11) is 0. The number of benzene rings is 1. The molecule has 16 heavy (non-hydrogen) atoms. The van der Waals surface area contributed by atoms with E-state index in [4.69, 9.17) is 28.3 Å². The van der Waals surface area contributed by atoms with Crippen molar-refractivity contribution in [2.75, 3.05) is 5.32 Å². The largest absolute Gasteiger partial charge is 0.478 e. The number of rotatable bonds is 3. The molecule has 86 valence electrons. The number of carbonyl (C=O) groups excluding carboxylic acids is 1. The van der Waals surface area contributed by atoms with Crippen molar-refractivity contribution < 1.29 is 14.7 Å². The van der Waals surface area contributed by atoms with Crippen molar-refractivity contribution >= 4 is 40.8 Å². The molecule has 0 unspecified atom stereocenters. The highest BCUT2D eigenvalue weighted by Gasteiger charge is 2.13. The lowest BCUT2D eigenvalue weighted by Crippen LogP contribution is -2.11. The summed E-state index contributed by atoms with van der Waals surface area (Å²) < 4.78 is 0. The molecule has 2 N–H and O–H groups in total. The predicted octanol–water partition coefficient (Wildman–Crippen LogP) is 3.04. The first-order valence-corrected chi connectivity index (χ1v) is 5.23. The molecule has 0 aliphatic heterocycles. The Morgan fingerprint density at radius 2 is 1.94 bits per heavy atom. The number of anilines is 1. The minimum atomic E-state index is -1.17. The number of carbonyl (C=O) groups is 2. The van der Waals surface area contributed by atoms with Crippen LogP contribution >= 0.6 is 23.2 Å². The smallest absolute Gasteiger partial charge is 0.337 e. The number of amides is 1. The zero-order valence-electron chi connectivity index (χ0n) is 8.38. The normalized spacial score (nSPS) is 9.94. The number of carboxylic acid groups (broad SMARTS) is 1. The Balaban J connectivity index is 3.14. The van der Waals surface area contributed by atoms with E-state index >= 15 is 0 Å². The van der Waals surface area contributed by atoms with E-state index in [9.17, 15) is 9.59 Å². The van der Waals surface area contributed by atoms with Crippen molar-refractivity contribution in [1.29, 1.82) is 0 Å². The highest BCUT2D eigenvalue weighted by Crippen LogP contribution is 2.29. The van der Waals surface area contributed by atoms with Gasteiger partial charge in [-0.15, -0.1) is 0 Å². The highest BCUT2D eigenvalue weighted by atomic mass is 35.5. The first-order chi connectivity index (χ1) is 7.45. The van der Waals surface area contributed by atoms with Crippen molar-refractivity contribution in [2.45, 2.75) is 13.3 Å². The number of aromatic carboxylic acids is 1. The van der Waals surface area contributed by atoms with Crippen molar-refractivity contribution in [1.82, 2.24) is 0 Å². The van der Waals surface area contributed by atoms with Crippen molar-refractivity contribution in [3.05, 3.63) is 27.7 Å². The fourth-order valence-corrected chi connectivity index (χ4v) is 1.56. The number of carboxylic acids is 1. The van der Waals surface area contributed by atoms with Crippen LogP contribution in [0.15, 0.2) is 12.1 Å². The van der Waals surface area contributed by atoms with Crippen LogP contribution in [0, 0.1) is 0 Å². The summed E-state index contributed by atoms with van der Waals surface area (Å²) in [6, 6.07) is 2.53. The van der Waals surface area contributed by atoms with Crippen LogP contribution in [0.25, 0.3) is 0 Å². The van der Waals surface area contributed by atoms with Gasteiger partial charge in [-0.05, 0) is 12.1 Å². The molecule has 6 heteroatoms. The van der Waals surface area contributed by atoms with Gasteiger partial charge in [0, 0.05) is 6.42 Å². The van der Waals surface area contributed by atoms with Gasteiger partial charge in [-0.2, -0.15) is 0 Å². The van der Waals surface area contributed by atoms with Gasteiger partial charge in [-0.25, -0.2) is 4.79 Å². The SMILES string of the molecule is CCC(=O)Nc1cc(C(=O)O)c(Cl)cc1Cl. The van der Waals surface area contributed by atoms with Gasteiger partial charge in [-0.1, -0.05) is 30.1 Å². The zero-order chi connectivity index (χ0) is 12.3. The molecule has 0 atom stereocenters. The van der Waals surface area contributed by atoms with E-state index in [1.165, 1.54) is 12.1 Å². The van der Waals surface area contributed by atoms with E-state index in [2.05, 4.69) is 5.32 Å². The van der Waals surface area contributed by atoms with E-state index in [0.717, 1.165) is 0 Å². The van der Waals surface area contributed by atoms with Crippen LogP contribution in [0.2, 0.25) is 10.0 Å². The van der Waals surface area contributed by atoms with E-state index in [1.807, 2.05) is 0 Å². The average Bonchev–Trinajstić information content (AvgIpc) is 2.21. The van der Waals surface area contributed by atoms with Gasteiger partial charge < -0.3 is 10.4 Å². The molecule has 0 aliphatic rings. The molecule has 0 heterocycles. The molecule has 0 saturated carbocycles. The summed E-state index contributed by atoms with van der Waals surface area (Å²) >= 11 is 11.5. The van der Waals surface area contributed by atoms with E-state index in [0.29, 0.717) is 0 Å². The van der Waals surface area contributed by atoms with Gasteiger partial charge in [0.15, 0.2) is 0 Å². The van der Waals surface area contributed by atoms with Gasteiger partial charge in [0.2, 0.25) is 5.91 Å². The van der Waals surface area contributed by atoms with Crippen molar-refractivity contribution in [3.63, 3.8) is 0 Å². The molecule has 1 rings (SSSR count). The Morgan fingerprint density at radius 1 is 1.31 bits per heavy atom. The molecule has 1 aromatic carbocycles. The maximum absolute atomic E-state index is 11.1. The molecular weight excluding hydrogens is 253 g/mol. The number of nitrogens with one attached hydrogen (secondary N) is 1. The Hall–Kier alpha value is -1.26. The van der Waals surface area contributed by atoms with Gasteiger partial charge in [-0.3, -0.25) is 4.79 Å². The summed E-state index contributed by atoms with van der Waals surface area (Å²) in [6.07, 6.45) is 0.279. The molecule has 0 bridgehead atoms. The molecule has 0 spiro atoms. The van der Waals surface area contributed by atoms with Gasteiger partial charge >= 0.3 is 5.97 Å². The highest BCUT2D eigenvalue weighted by molar-refractivity contribution is 6.38. The standard InChI is InChI=1S/C10H9Cl2NO3/c1-2-9(14)13-8-3-5(10(15)16)6(11)4-7(8)12/h3-4H,2H2,1H3,(H,13,14)(H,15,16). The third-order valence-electron chi connectivity index (χ3n) is 1.88. The quantitative estimate of drug-likeness (QED) is 0.879. The molecular formula is C10H9Cl2NO3. The molecule has 1 aromatic rings. The average molecular weight is 262 g/mol. The number of hydrogen-bond donors (Lipinski definition) is 2. The molecule has 0 fully saturated rings. The number of hydrogen-bond acceptors (Lipinski definition) is 2. The van der Waals surface area contributed by atoms with E-state index in [1.54, 1.807) is 6.92 Å². The molecule has 0 radical (unpaired) electrons. The minimum absolute atomic E-state index is 0.0343. The van der Waals surface area contributed by atoms with Crippen LogP contribution < -0.4 is 5.32 Å². The van der Waals surface area contributed by atoms with Crippen molar-refractivity contribution in [3.8, 4) is 0 Å². The van der Waals surface area contributed by atoms with Crippen molar-refractivity contribution in [2.24, 2.45) is 0 Å².